The van der Waals surface area contributed by atoms with Crippen LogP contribution in [0, 0.1) is 13.8 Å². The average Bonchev–Trinajstić information content (AvgIpc) is 3.44. The van der Waals surface area contributed by atoms with Crippen LogP contribution in [0.25, 0.3) is 5.69 Å². The second kappa shape index (κ2) is 11.7. The van der Waals surface area contributed by atoms with Gasteiger partial charge in [0.15, 0.2) is 5.11 Å². The Kier molecular flexibility index (Phi) is 8.07. The Morgan fingerprint density at radius 1 is 0.974 bits per heavy atom. The summed E-state index contributed by atoms with van der Waals surface area (Å²) in [6.07, 6.45) is 1.81. The Labute approximate surface area is 239 Å². The Morgan fingerprint density at radius 2 is 1.82 bits per heavy atom. The van der Waals surface area contributed by atoms with Gasteiger partial charge in [0.1, 0.15) is 18.1 Å². The minimum absolute atomic E-state index is 0.172. The highest BCUT2D eigenvalue weighted by molar-refractivity contribution is 7.80. The number of hydrogen-bond donors (Lipinski definition) is 1. The van der Waals surface area contributed by atoms with Crippen molar-refractivity contribution >= 4 is 34.6 Å². The third kappa shape index (κ3) is 5.32. The molecule has 1 saturated heterocycles. The molecule has 0 amide bonds. The number of pyridine rings is 1. The molecule has 0 spiro atoms. The van der Waals surface area contributed by atoms with E-state index in [-0.39, 0.29) is 12.1 Å². The van der Waals surface area contributed by atoms with Crippen LogP contribution in [0.2, 0.25) is 5.02 Å². The Hall–Kier alpha value is -3.59. The predicted octanol–water partition coefficient (Wildman–Crippen LogP) is 6.35. The van der Waals surface area contributed by atoms with Crippen molar-refractivity contribution in [1.29, 1.82) is 0 Å². The maximum Gasteiger partial charge on any atom is 0.174 e. The van der Waals surface area contributed by atoms with E-state index in [0.717, 1.165) is 39.8 Å². The third-order valence-corrected chi connectivity index (χ3v) is 7.55. The first-order valence-electron chi connectivity index (χ1n) is 12.7. The molecule has 1 fully saturated rings. The number of aromatic nitrogens is 2. The number of aryl methyl sites for hydroxylation is 1. The lowest BCUT2D eigenvalue weighted by molar-refractivity contribution is 0.146. The molecule has 7 nitrogen and oxygen atoms in total. The number of methoxy groups -OCH3 is 2. The number of halogens is 1. The molecule has 1 aliphatic rings. The van der Waals surface area contributed by atoms with Gasteiger partial charge in [-0.15, -0.1) is 0 Å². The largest absolute Gasteiger partial charge is 0.497 e. The fourth-order valence-electron chi connectivity index (χ4n) is 5.17. The lowest BCUT2D eigenvalue weighted by Crippen LogP contribution is -2.29. The summed E-state index contributed by atoms with van der Waals surface area (Å²) in [6.45, 7) is 5.14. The quantitative estimate of drug-likeness (QED) is 0.188. The highest BCUT2D eigenvalue weighted by Crippen LogP contribution is 2.45. The van der Waals surface area contributed by atoms with Crippen molar-refractivity contribution in [3.05, 3.63) is 101 Å². The molecule has 39 heavy (non-hydrogen) atoms. The summed E-state index contributed by atoms with van der Waals surface area (Å²) in [5.41, 5.74) is 6.15. The number of nitrogens with one attached hydrogen (secondary N) is 1. The van der Waals surface area contributed by atoms with E-state index < -0.39 is 0 Å². The molecular weight excluding hydrogens is 532 g/mol. The summed E-state index contributed by atoms with van der Waals surface area (Å²) in [6, 6.07) is 21.6. The predicted molar refractivity (Wildman–Crippen MR) is 159 cm³/mol. The van der Waals surface area contributed by atoms with E-state index in [2.05, 4.69) is 45.7 Å². The van der Waals surface area contributed by atoms with Gasteiger partial charge in [-0.3, -0.25) is 4.98 Å². The van der Waals surface area contributed by atoms with Crippen molar-refractivity contribution in [3.8, 4) is 17.2 Å². The normalized spacial score (nSPS) is 16.8. The van der Waals surface area contributed by atoms with E-state index in [1.165, 1.54) is 0 Å². The first-order chi connectivity index (χ1) is 18.9. The minimum Gasteiger partial charge on any atom is -0.497 e. The van der Waals surface area contributed by atoms with Crippen LogP contribution < -0.4 is 19.7 Å². The van der Waals surface area contributed by atoms with E-state index >= 15 is 0 Å². The molecule has 0 unspecified atom stereocenters. The number of thiocarbonyl (C=S) groups is 1. The maximum absolute atomic E-state index is 6.67. The zero-order chi connectivity index (χ0) is 27.5. The lowest BCUT2D eigenvalue weighted by atomic mass is 9.96. The summed E-state index contributed by atoms with van der Waals surface area (Å²) in [7, 11) is 3.32. The van der Waals surface area contributed by atoms with Crippen molar-refractivity contribution in [2.24, 2.45) is 0 Å². The van der Waals surface area contributed by atoms with Crippen LogP contribution in [0.3, 0.4) is 0 Å². The van der Waals surface area contributed by atoms with Crippen LogP contribution >= 0.6 is 23.8 Å². The molecule has 0 aliphatic carbocycles. The SMILES string of the molecule is COCCOc1ccc(N2C(=S)N[C@@H](c3ccccn3)[C@H]2c2cc(C)n(-c3cccc(OC)c3)c2C)cc1Cl. The highest BCUT2D eigenvalue weighted by atomic mass is 35.5. The number of benzene rings is 2. The standard InChI is InChI=1S/C30H31ClN4O3S/c1-19-16-24(20(2)34(19)21-8-7-9-23(17-21)37-4)29-28(26-10-5-6-13-32-26)33-30(39)35(29)22-11-12-27(25(31)18-22)38-15-14-36-3/h5-13,16-18,28-29H,14-15H2,1-4H3,(H,33,39)/t28-,29+/m0/s1. The van der Waals surface area contributed by atoms with E-state index in [1.54, 1.807) is 14.2 Å². The monoisotopic (exact) mass is 562 g/mol. The van der Waals surface area contributed by atoms with Gasteiger partial charge in [-0.25, -0.2) is 0 Å². The number of hydrogen-bond acceptors (Lipinski definition) is 5. The molecule has 2 atom stereocenters. The Bertz CT molecular complexity index is 1480. The molecule has 1 N–H and O–H groups in total. The van der Waals surface area contributed by atoms with E-state index in [0.29, 0.717) is 29.1 Å². The molecule has 9 heteroatoms. The first kappa shape index (κ1) is 27.0. The summed E-state index contributed by atoms with van der Waals surface area (Å²) in [5, 5.41) is 4.64. The number of rotatable bonds is 9. The lowest BCUT2D eigenvalue weighted by Gasteiger charge is -2.28. The number of anilines is 1. The molecule has 202 valence electrons. The number of ether oxygens (including phenoxy) is 3. The van der Waals surface area contributed by atoms with Crippen LogP contribution in [-0.2, 0) is 4.74 Å². The van der Waals surface area contributed by atoms with Gasteiger partial charge in [-0.1, -0.05) is 23.7 Å². The van der Waals surface area contributed by atoms with Crippen LogP contribution in [0.4, 0.5) is 5.69 Å². The molecule has 0 radical (unpaired) electrons. The fraction of sp³-hybridized carbons (Fsp3) is 0.267. The van der Waals surface area contributed by atoms with Crippen LogP contribution in [0.1, 0.15) is 34.7 Å². The van der Waals surface area contributed by atoms with Gasteiger partial charge in [0.05, 0.1) is 36.5 Å². The van der Waals surface area contributed by atoms with Gasteiger partial charge in [-0.05, 0) is 80.2 Å². The third-order valence-electron chi connectivity index (χ3n) is 6.94. The molecule has 4 aromatic rings. The molecule has 2 aromatic carbocycles. The molecule has 3 heterocycles. The second-order valence-electron chi connectivity index (χ2n) is 9.32. The fourth-order valence-corrected chi connectivity index (χ4v) is 5.75. The van der Waals surface area contributed by atoms with Crippen LogP contribution in [0.15, 0.2) is 72.9 Å². The van der Waals surface area contributed by atoms with E-state index in [9.17, 15) is 0 Å². The smallest absolute Gasteiger partial charge is 0.174 e. The molecule has 5 rings (SSSR count). The first-order valence-corrected chi connectivity index (χ1v) is 13.5. The molecule has 1 aliphatic heterocycles. The topological polar surface area (TPSA) is 60.8 Å². The molecule has 2 aromatic heterocycles. The van der Waals surface area contributed by atoms with Crippen molar-refractivity contribution in [2.45, 2.75) is 25.9 Å². The molecule has 0 saturated carbocycles. The Morgan fingerprint density at radius 3 is 2.54 bits per heavy atom. The van der Waals surface area contributed by atoms with Crippen LogP contribution in [0.5, 0.6) is 11.5 Å². The molecule has 0 bridgehead atoms. The van der Waals surface area contributed by atoms with Crippen LogP contribution in [-0.4, -0.2) is 42.1 Å². The van der Waals surface area contributed by atoms with Crippen molar-refractivity contribution in [1.82, 2.24) is 14.9 Å². The summed E-state index contributed by atoms with van der Waals surface area (Å²) in [5.74, 6) is 1.41. The van der Waals surface area contributed by atoms with E-state index in [4.69, 9.17) is 38.0 Å². The van der Waals surface area contributed by atoms with Crippen molar-refractivity contribution < 1.29 is 14.2 Å². The minimum atomic E-state index is -0.172. The zero-order valence-electron chi connectivity index (χ0n) is 22.3. The van der Waals surface area contributed by atoms with Gasteiger partial charge in [0.2, 0.25) is 0 Å². The number of nitrogens with zero attached hydrogens (tertiary/aromatic N) is 3. The summed E-state index contributed by atoms with van der Waals surface area (Å²) < 4.78 is 18.6. The van der Waals surface area contributed by atoms with Crippen molar-refractivity contribution in [3.63, 3.8) is 0 Å². The molecular formula is C30H31ClN4O3S. The van der Waals surface area contributed by atoms with Gasteiger partial charge >= 0.3 is 0 Å². The average molecular weight is 563 g/mol. The van der Waals surface area contributed by atoms with Gasteiger partial charge in [0, 0.05) is 42.1 Å². The summed E-state index contributed by atoms with van der Waals surface area (Å²) >= 11 is 12.6. The second-order valence-corrected chi connectivity index (χ2v) is 10.1. The van der Waals surface area contributed by atoms with Gasteiger partial charge in [0.25, 0.3) is 0 Å². The maximum atomic E-state index is 6.67. The van der Waals surface area contributed by atoms with E-state index in [1.807, 2.05) is 60.8 Å². The Balaban J connectivity index is 1.60. The van der Waals surface area contributed by atoms with Crippen molar-refractivity contribution in [2.75, 3.05) is 32.3 Å². The highest BCUT2D eigenvalue weighted by Gasteiger charge is 2.42. The summed E-state index contributed by atoms with van der Waals surface area (Å²) in [4.78, 5) is 6.80. The van der Waals surface area contributed by atoms with Gasteiger partial charge < -0.3 is 29.0 Å². The van der Waals surface area contributed by atoms with Gasteiger partial charge in [-0.2, -0.15) is 0 Å². The zero-order valence-corrected chi connectivity index (χ0v) is 23.9.